The van der Waals surface area contributed by atoms with E-state index in [4.69, 9.17) is 27.3 Å². The fraction of sp³-hybridized carbons (Fsp3) is 0.174. The van der Waals surface area contributed by atoms with Gasteiger partial charge in [-0.1, -0.05) is 17.7 Å². The topological polar surface area (TPSA) is 51.0 Å². The summed E-state index contributed by atoms with van der Waals surface area (Å²) in [5, 5.41) is 3.14. The Labute approximate surface area is 197 Å². The van der Waals surface area contributed by atoms with E-state index in [9.17, 15) is 9.18 Å². The van der Waals surface area contributed by atoms with Gasteiger partial charge in [0.2, 0.25) is 0 Å². The normalized spacial score (nSPS) is 11.9. The molecule has 0 N–H and O–H groups in total. The summed E-state index contributed by atoms with van der Waals surface area (Å²) in [4.78, 5) is 17.0. The third-order valence-corrected chi connectivity index (χ3v) is 5.90. The van der Waals surface area contributed by atoms with Crippen LogP contribution in [0.4, 0.5) is 8.78 Å². The van der Waals surface area contributed by atoms with Crippen LogP contribution >= 0.6 is 11.6 Å². The fourth-order valence-corrected chi connectivity index (χ4v) is 4.01. The molecule has 10 heteroatoms. The number of fused-ring (bicyclic) bond motifs is 1. The first-order valence-corrected chi connectivity index (χ1v) is 10.3. The number of halogens is 3. The highest BCUT2D eigenvalue weighted by molar-refractivity contribution is 6.39. The number of aromatic nitrogens is 3. The molecule has 0 aliphatic carbocycles. The summed E-state index contributed by atoms with van der Waals surface area (Å²) in [6.07, 6.45) is 3.74. The number of pyridine rings is 1. The maximum absolute atomic E-state index is 15.2. The minimum Gasteiger partial charge on any atom is -0.308 e. The molecule has 0 saturated heterocycles. The summed E-state index contributed by atoms with van der Waals surface area (Å²) in [6, 6.07) is 8.89. The molecular weight excluding hydrogens is 443 g/mol. The number of nitrogens with zero attached hydrogens (tertiary/aromatic N) is 4. The van der Waals surface area contributed by atoms with Crippen LogP contribution in [0.1, 0.15) is 21.6 Å². The number of hydrogen-bond acceptors (Lipinski definition) is 4. The molecule has 4 rings (SSSR count). The first kappa shape index (κ1) is 23.1. The lowest BCUT2D eigenvalue weighted by Gasteiger charge is -2.37. The molecule has 0 spiro atoms. The smallest absolute Gasteiger partial charge is 0.151 e. The molecule has 0 aliphatic heterocycles. The van der Waals surface area contributed by atoms with Crippen molar-refractivity contribution in [1.82, 2.24) is 19.7 Å². The second-order valence-electron chi connectivity index (χ2n) is 7.82. The Morgan fingerprint density at radius 3 is 2.67 bits per heavy atom. The molecule has 0 aliphatic rings. The van der Waals surface area contributed by atoms with Crippen LogP contribution in [0.25, 0.3) is 22.0 Å². The van der Waals surface area contributed by atoms with Crippen LogP contribution < -0.4 is 0 Å². The lowest BCUT2D eigenvalue weighted by molar-refractivity contribution is 0.112. The van der Waals surface area contributed by atoms with Crippen LogP contribution in [-0.4, -0.2) is 48.7 Å². The average Bonchev–Trinajstić information content (AvgIpc) is 3.18. The van der Waals surface area contributed by atoms with Gasteiger partial charge in [-0.3, -0.25) is 14.5 Å². The lowest BCUT2D eigenvalue weighted by atomic mass is 9.58. The van der Waals surface area contributed by atoms with E-state index in [2.05, 4.69) is 10.1 Å². The molecule has 0 amide bonds. The summed E-state index contributed by atoms with van der Waals surface area (Å²) in [5.74, 6) is -1.05. The highest BCUT2D eigenvalue weighted by atomic mass is 35.5. The molecule has 0 atom stereocenters. The molecule has 162 valence electrons. The van der Waals surface area contributed by atoms with Gasteiger partial charge < -0.3 is 4.90 Å². The molecule has 2 heterocycles. The van der Waals surface area contributed by atoms with Crippen molar-refractivity contribution >= 4 is 44.5 Å². The Bertz CT molecular complexity index is 1350. The van der Waals surface area contributed by atoms with Crippen molar-refractivity contribution in [3.63, 3.8) is 0 Å². The Balaban J connectivity index is 1.70. The Morgan fingerprint density at radius 2 is 1.97 bits per heavy atom. The number of hydrogen-bond donors (Lipinski definition) is 0. The molecule has 4 aromatic rings. The van der Waals surface area contributed by atoms with Gasteiger partial charge in [0.15, 0.2) is 12.1 Å². The van der Waals surface area contributed by atoms with Gasteiger partial charge in [-0.05, 0) is 53.8 Å². The predicted molar refractivity (Wildman–Crippen MR) is 125 cm³/mol. The monoisotopic (exact) mass is 460 g/mol. The van der Waals surface area contributed by atoms with Crippen LogP contribution in [0.5, 0.6) is 0 Å². The Morgan fingerprint density at radius 1 is 1.21 bits per heavy atom. The summed E-state index contributed by atoms with van der Waals surface area (Å²) < 4.78 is 30.8. The summed E-state index contributed by atoms with van der Waals surface area (Å²) in [6.45, 7) is -0.0570. The van der Waals surface area contributed by atoms with Crippen LogP contribution in [0.15, 0.2) is 48.8 Å². The number of carbonyl (C=O) groups is 1. The number of aldehydes is 1. The van der Waals surface area contributed by atoms with Gasteiger partial charge in [0.1, 0.15) is 11.3 Å². The van der Waals surface area contributed by atoms with E-state index in [1.807, 2.05) is 0 Å². The van der Waals surface area contributed by atoms with E-state index in [1.165, 1.54) is 27.9 Å². The highest BCUT2D eigenvalue weighted by Gasteiger charge is 2.30. The van der Waals surface area contributed by atoms with Crippen molar-refractivity contribution in [3.05, 3.63) is 82.3 Å². The van der Waals surface area contributed by atoms with Crippen LogP contribution in [0, 0.1) is 11.6 Å². The van der Waals surface area contributed by atoms with Gasteiger partial charge in [0.05, 0.1) is 21.4 Å². The third-order valence-electron chi connectivity index (χ3n) is 5.57. The van der Waals surface area contributed by atoms with Gasteiger partial charge >= 0.3 is 0 Å². The molecule has 0 saturated carbocycles. The van der Waals surface area contributed by atoms with E-state index in [0.717, 1.165) is 0 Å². The number of aryl methyl sites for hydroxylation is 1. The van der Waals surface area contributed by atoms with Gasteiger partial charge in [0, 0.05) is 47.5 Å². The Hall–Kier alpha value is -3.03. The van der Waals surface area contributed by atoms with Crippen LogP contribution in [-0.2, 0) is 18.9 Å². The summed E-state index contributed by atoms with van der Waals surface area (Å²) >= 11 is 6.46. The summed E-state index contributed by atoms with van der Waals surface area (Å²) in [5.41, 5.74) is 1.80. The van der Waals surface area contributed by atoms with Crippen molar-refractivity contribution in [3.8, 4) is 11.1 Å². The lowest BCUT2D eigenvalue weighted by Crippen LogP contribution is -2.46. The van der Waals surface area contributed by atoms with Gasteiger partial charge in [-0.25, -0.2) is 8.78 Å². The number of benzene rings is 2. The average molecular weight is 460 g/mol. The molecule has 0 bridgehead atoms. The van der Waals surface area contributed by atoms with E-state index >= 15 is 4.39 Å². The maximum atomic E-state index is 15.2. The largest absolute Gasteiger partial charge is 0.308 e. The standard InChI is InChI=1S/C23H17B2ClF2N4O/c1-31(23(24,25)22-13(12-33)4-3-7-29-22)10-17-18(26)8-14(9-20(17)28)15-5-6-19(27)21-16(15)11-32(2)30-21/h3-9,11-12H,10H2,1-2H3. The zero-order valence-corrected chi connectivity index (χ0v) is 18.6. The third kappa shape index (κ3) is 4.18. The minimum atomic E-state index is -1.66. The molecule has 33 heavy (non-hydrogen) atoms. The first-order valence-electron chi connectivity index (χ1n) is 9.93. The van der Waals surface area contributed by atoms with Crippen molar-refractivity contribution in [2.75, 3.05) is 7.05 Å². The predicted octanol–water partition coefficient (Wildman–Crippen LogP) is 3.96. The number of carbonyl (C=O) groups excluding carboxylic acids is 1. The second kappa shape index (κ2) is 8.72. The quantitative estimate of drug-likeness (QED) is 0.323. The van der Waals surface area contributed by atoms with Crippen molar-refractivity contribution in [1.29, 1.82) is 0 Å². The van der Waals surface area contributed by atoms with Crippen molar-refractivity contribution in [2.24, 2.45) is 7.05 Å². The zero-order valence-electron chi connectivity index (χ0n) is 17.9. The van der Waals surface area contributed by atoms with Gasteiger partial charge in [0.25, 0.3) is 0 Å². The molecular formula is C23H17B2ClF2N4O. The van der Waals surface area contributed by atoms with Crippen molar-refractivity contribution < 1.29 is 13.6 Å². The first-order chi connectivity index (χ1) is 15.6. The molecule has 4 radical (unpaired) electrons. The Kier molecular flexibility index (Phi) is 6.12. The maximum Gasteiger partial charge on any atom is 0.151 e. The van der Waals surface area contributed by atoms with E-state index < -0.39 is 17.0 Å². The fourth-order valence-electron chi connectivity index (χ4n) is 3.74. The highest BCUT2D eigenvalue weighted by Crippen LogP contribution is 2.35. The van der Waals surface area contributed by atoms with Gasteiger partial charge in [-0.15, -0.1) is 0 Å². The molecule has 2 aromatic heterocycles. The van der Waals surface area contributed by atoms with E-state index in [-0.39, 0.29) is 33.9 Å². The number of rotatable bonds is 6. The van der Waals surface area contributed by atoms with Crippen molar-refractivity contribution in [2.45, 2.75) is 11.9 Å². The van der Waals surface area contributed by atoms with Gasteiger partial charge in [-0.2, -0.15) is 5.10 Å². The SMILES string of the molecule is [B]C([B])(c1ncccc1C=O)N(C)Cc1c(F)cc(-c2ccc(F)c3nn(C)cc23)cc1Cl. The molecule has 5 nitrogen and oxygen atoms in total. The second-order valence-corrected chi connectivity index (χ2v) is 8.23. The van der Waals surface area contributed by atoms with Crippen LogP contribution in [0.2, 0.25) is 5.02 Å². The molecule has 0 fully saturated rings. The van der Waals surface area contributed by atoms with E-state index in [0.29, 0.717) is 22.8 Å². The molecule has 2 aromatic carbocycles. The van der Waals surface area contributed by atoms with Crippen LogP contribution in [0.3, 0.4) is 0 Å². The molecule has 0 unspecified atom stereocenters. The zero-order chi connectivity index (χ0) is 23.9. The summed E-state index contributed by atoms with van der Waals surface area (Å²) in [7, 11) is 15.8. The minimum absolute atomic E-state index is 0.0570. The van der Waals surface area contributed by atoms with E-state index in [1.54, 1.807) is 44.6 Å².